The first kappa shape index (κ1) is 16.4. The van der Waals surface area contributed by atoms with Crippen LogP contribution in [0.4, 0.5) is 0 Å². The van der Waals surface area contributed by atoms with E-state index in [-0.39, 0.29) is 0 Å². The molecule has 0 aromatic heterocycles. The molecule has 0 bridgehead atoms. The molecule has 0 radical (unpaired) electrons. The van der Waals surface area contributed by atoms with E-state index in [1.807, 2.05) is 0 Å². The van der Waals surface area contributed by atoms with Crippen molar-refractivity contribution in [1.29, 1.82) is 0 Å². The Morgan fingerprint density at radius 3 is 2.48 bits per heavy atom. The Kier molecular flexibility index (Phi) is 7.12. The van der Waals surface area contributed by atoms with Gasteiger partial charge in [-0.05, 0) is 55.2 Å². The van der Waals surface area contributed by atoms with E-state index in [0.29, 0.717) is 0 Å². The van der Waals surface area contributed by atoms with Crippen molar-refractivity contribution >= 4 is 0 Å². The number of rotatable bonds is 7. The molecule has 118 valence electrons. The van der Waals surface area contributed by atoms with E-state index < -0.39 is 0 Å². The number of hydrogen-bond acceptors (Lipinski definition) is 1. The van der Waals surface area contributed by atoms with Gasteiger partial charge in [-0.25, -0.2) is 0 Å². The van der Waals surface area contributed by atoms with Crippen LogP contribution >= 0.6 is 0 Å². The maximum Gasteiger partial charge on any atom is 0.119 e. The van der Waals surface area contributed by atoms with Crippen molar-refractivity contribution in [1.82, 2.24) is 0 Å². The topological polar surface area (TPSA) is 9.23 Å². The molecule has 1 aliphatic rings. The fourth-order valence-corrected chi connectivity index (χ4v) is 3.58. The van der Waals surface area contributed by atoms with Gasteiger partial charge in [0.25, 0.3) is 0 Å². The molecule has 1 fully saturated rings. The van der Waals surface area contributed by atoms with Gasteiger partial charge in [0.2, 0.25) is 0 Å². The number of benzene rings is 1. The highest BCUT2D eigenvalue weighted by Gasteiger charge is 2.19. The number of unbranched alkanes of at least 4 members (excludes halogenated alkanes) is 1. The molecule has 0 unspecified atom stereocenters. The van der Waals surface area contributed by atoms with Crippen LogP contribution in [0.2, 0.25) is 0 Å². The second kappa shape index (κ2) is 9.12. The SMILES string of the molecule is CCCCOc1ccc([C@@H]2CCC[C@H](CCC)CC2)cc1. The number of ether oxygens (including phenoxy) is 1. The van der Waals surface area contributed by atoms with Crippen LogP contribution in [0.5, 0.6) is 5.75 Å². The summed E-state index contributed by atoms with van der Waals surface area (Å²) in [7, 11) is 0. The van der Waals surface area contributed by atoms with E-state index in [0.717, 1.165) is 30.6 Å². The lowest BCUT2D eigenvalue weighted by Crippen LogP contribution is -2.00. The van der Waals surface area contributed by atoms with Gasteiger partial charge in [-0.2, -0.15) is 0 Å². The van der Waals surface area contributed by atoms with E-state index in [1.165, 1.54) is 56.9 Å². The molecule has 0 N–H and O–H groups in total. The highest BCUT2D eigenvalue weighted by molar-refractivity contribution is 5.29. The molecular formula is C20H32O. The minimum atomic E-state index is 0.775. The zero-order valence-corrected chi connectivity index (χ0v) is 13.9. The van der Waals surface area contributed by atoms with Crippen LogP contribution in [0.3, 0.4) is 0 Å². The van der Waals surface area contributed by atoms with Gasteiger partial charge in [-0.3, -0.25) is 0 Å². The molecule has 2 atom stereocenters. The summed E-state index contributed by atoms with van der Waals surface area (Å²) in [5.74, 6) is 2.79. The molecule has 21 heavy (non-hydrogen) atoms. The minimum absolute atomic E-state index is 0.775. The molecule has 0 saturated heterocycles. The second-order valence-corrected chi connectivity index (χ2v) is 6.63. The van der Waals surface area contributed by atoms with Crippen LogP contribution in [0.15, 0.2) is 24.3 Å². The molecule has 0 aliphatic heterocycles. The van der Waals surface area contributed by atoms with Crippen LogP contribution in [-0.4, -0.2) is 6.61 Å². The largest absolute Gasteiger partial charge is 0.494 e. The predicted molar refractivity (Wildman–Crippen MR) is 91.1 cm³/mol. The molecule has 0 amide bonds. The normalized spacial score (nSPS) is 22.8. The molecule has 1 nitrogen and oxygen atoms in total. The average molecular weight is 288 g/mol. The highest BCUT2D eigenvalue weighted by Crippen LogP contribution is 2.36. The Labute approximate surface area is 131 Å². The predicted octanol–water partition coefficient (Wildman–Crippen LogP) is 6.33. The Balaban J connectivity index is 1.86. The van der Waals surface area contributed by atoms with Gasteiger partial charge in [0.05, 0.1) is 6.61 Å². The lowest BCUT2D eigenvalue weighted by Gasteiger charge is -2.16. The summed E-state index contributed by atoms with van der Waals surface area (Å²) in [6.45, 7) is 5.36. The van der Waals surface area contributed by atoms with E-state index in [9.17, 15) is 0 Å². The van der Waals surface area contributed by atoms with Gasteiger partial charge in [0.1, 0.15) is 5.75 Å². The van der Waals surface area contributed by atoms with Gasteiger partial charge in [-0.1, -0.05) is 58.1 Å². The molecule has 1 aromatic rings. The number of hydrogen-bond donors (Lipinski definition) is 0. The Bertz CT molecular complexity index is 381. The first-order valence-electron chi connectivity index (χ1n) is 9.06. The molecule has 1 heteroatoms. The Morgan fingerprint density at radius 1 is 0.952 bits per heavy atom. The van der Waals surface area contributed by atoms with Crippen molar-refractivity contribution in [2.45, 2.75) is 77.6 Å². The van der Waals surface area contributed by atoms with E-state index in [4.69, 9.17) is 4.74 Å². The van der Waals surface area contributed by atoms with Gasteiger partial charge < -0.3 is 4.74 Å². The lowest BCUT2D eigenvalue weighted by atomic mass is 9.90. The summed E-state index contributed by atoms with van der Waals surface area (Å²) < 4.78 is 5.76. The summed E-state index contributed by atoms with van der Waals surface area (Å²) >= 11 is 0. The summed E-state index contributed by atoms with van der Waals surface area (Å²) in [6.07, 6.45) is 12.1. The zero-order chi connectivity index (χ0) is 14.9. The monoisotopic (exact) mass is 288 g/mol. The smallest absolute Gasteiger partial charge is 0.119 e. The van der Waals surface area contributed by atoms with Crippen LogP contribution in [0, 0.1) is 5.92 Å². The van der Waals surface area contributed by atoms with Gasteiger partial charge in [0.15, 0.2) is 0 Å². The average Bonchev–Trinajstić information content (AvgIpc) is 2.74. The van der Waals surface area contributed by atoms with Crippen molar-refractivity contribution in [3.8, 4) is 5.75 Å². The Hall–Kier alpha value is -0.980. The van der Waals surface area contributed by atoms with Crippen LogP contribution in [0.25, 0.3) is 0 Å². The molecule has 1 saturated carbocycles. The first-order chi connectivity index (χ1) is 10.3. The van der Waals surface area contributed by atoms with Gasteiger partial charge in [0, 0.05) is 0 Å². The lowest BCUT2D eigenvalue weighted by molar-refractivity contribution is 0.309. The molecular weight excluding hydrogens is 256 g/mol. The molecule has 0 spiro atoms. The molecule has 0 heterocycles. The van der Waals surface area contributed by atoms with Crippen molar-refractivity contribution in [3.63, 3.8) is 0 Å². The molecule has 1 aromatic carbocycles. The van der Waals surface area contributed by atoms with Crippen LogP contribution in [-0.2, 0) is 0 Å². The standard InChI is InChI=1S/C20H32O/c1-3-5-16-21-20-14-12-19(13-15-20)18-9-6-8-17(7-4-2)10-11-18/h12-15,17-18H,3-11,16H2,1-2H3/t17-,18+/m0/s1. The van der Waals surface area contributed by atoms with Gasteiger partial charge >= 0.3 is 0 Å². The highest BCUT2D eigenvalue weighted by atomic mass is 16.5. The summed E-state index contributed by atoms with van der Waals surface area (Å²) in [4.78, 5) is 0. The summed E-state index contributed by atoms with van der Waals surface area (Å²) in [6, 6.07) is 8.93. The van der Waals surface area contributed by atoms with Gasteiger partial charge in [-0.15, -0.1) is 0 Å². The fraction of sp³-hybridized carbons (Fsp3) is 0.700. The third kappa shape index (κ3) is 5.37. The summed E-state index contributed by atoms with van der Waals surface area (Å²) in [5, 5.41) is 0. The van der Waals surface area contributed by atoms with Crippen LogP contribution in [0.1, 0.15) is 83.1 Å². The maximum atomic E-state index is 5.76. The second-order valence-electron chi connectivity index (χ2n) is 6.63. The van der Waals surface area contributed by atoms with Crippen LogP contribution < -0.4 is 4.74 Å². The maximum absolute atomic E-state index is 5.76. The van der Waals surface area contributed by atoms with Crippen molar-refractivity contribution in [2.24, 2.45) is 5.92 Å². The van der Waals surface area contributed by atoms with Crippen molar-refractivity contribution in [2.75, 3.05) is 6.61 Å². The van der Waals surface area contributed by atoms with E-state index in [2.05, 4.69) is 38.1 Å². The zero-order valence-electron chi connectivity index (χ0n) is 13.9. The molecule has 1 aliphatic carbocycles. The first-order valence-corrected chi connectivity index (χ1v) is 9.06. The quantitative estimate of drug-likeness (QED) is 0.421. The van der Waals surface area contributed by atoms with Crippen molar-refractivity contribution in [3.05, 3.63) is 29.8 Å². The molecule has 2 rings (SSSR count). The van der Waals surface area contributed by atoms with E-state index >= 15 is 0 Å². The Morgan fingerprint density at radius 2 is 1.76 bits per heavy atom. The minimum Gasteiger partial charge on any atom is -0.494 e. The third-order valence-corrected chi connectivity index (χ3v) is 4.90. The van der Waals surface area contributed by atoms with Crippen molar-refractivity contribution < 1.29 is 4.74 Å². The fourth-order valence-electron chi connectivity index (χ4n) is 3.58. The summed E-state index contributed by atoms with van der Waals surface area (Å²) in [5.41, 5.74) is 1.52. The third-order valence-electron chi connectivity index (χ3n) is 4.90. The van der Waals surface area contributed by atoms with E-state index in [1.54, 1.807) is 0 Å².